The molecule has 1 aromatic heterocycles. The zero-order valence-electron chi connectivity index (χ0n) is 10.4. The molecule has 106 valence electrons. The maximum Gasteiger partial charge on any atom is 0.329 e. The summed E-state index contributed by atoms with van der Waals surface area (Å²) in [5.74, 6) is -0.733. The molecular formula is C11H15F2N3O3. The molecule has 8 heteroatoms. The molecule has 0 radical (unpaired) electrons. The van der Waals surface area contributed by atoms with E-state index in [1.54, 1.807) is 6.92 Å². The van der Waals surface area contributed by atoms with Crippen molar-refractivity contribution in [3.63, 3.8) is 0 Å². The van der Waals surface area contributed by atoms with Crippen molar-refractivity contribution < 1.29 is 23.4 Å². The van der Waals surface area contributed by atoms with Gasteiger partial charge in [0.05, 0.1) is 12.1 Å². The number of aromatic nitrogens is 2. The average molecular weight is 275 g/mol. The van der Waals surface area contributed by atoms with Gasteiger partial charge in [0, 0.05) is 25.5 Å². The Bertz CT molecular complexity index is 458. The molecule has 0 spiro atoms. The number of rotatable bonds is 6. The zero-order valence-corrected chi connectivity index (χ0v) is 10.4. The van der Waals surface area contributed by atoms with Gasteiger partial charge in [-0.2, -0.15) is 8.78 Å². The lowest BCUT2D eigenvalue weighted by molar-refractivity contribution is -0.166. The molecule has 19 heavy (non-hydrogen) atoms. The Balaban J connectivity index is 1.84. The van der Waals surface area contributed by atoms with Crippen LogP contribution in [0.15, 0.2) is 12.4 Å². The predicted molar refractivity (Wildman–Crippen MR) is 60.7 cm³/mol. The molecule has 0 aliphatic carbocycles. The normalized spacial score (nSPS) is 18.5. The number of carboxylic acids is 1. The first-order valence-corrected chi connectivity index (χ1v) is 5.78. The van der Waals surface area contributed by atoms with Crippen molar-refractivity contribution in [1.29, 1.82) is 0 Å². The van der Waals surface area contributed by atoms with Crippen LogP contribution in [0.25, 0.3) is 0 Å². The maximum atomic E-state index is 12.6. The molecule has 0 unspecified atom stereocenters. The van der Waals surface area contributed by atoms with Crippen LogP contribution in [0, 0.1) is 0 Å². The smallest absolute Gasteiger partial charge is 0.329 e. The molecule has 2 heterocycles. The van der Waals surface area contributed by atoms with E-state index in [0.717, 1.165) is 4.57 Å². The largest absolute Gasteiger partial charge is 0.480 e. The maximum absolute atomic E-state index is 12.6. The fourth-order valence-corrected chi connectivity index (χ4v) is 2.18. The van der Waals surface area contributed by atoms with Crippen LogP contribution in [0.2, 0.25) is 0 Å². The Kier molecular flexibility index (Phi) is 3.81. The van der Waals surface area contributed by atoms with Crippen LogP contribution in [0.4, 0.5) is 8.78 Å². The molecule has 6 nitrogen and oxygen atoms in total. The van der Waals surface area contributed by atoms with Crippen LogP contribution in [0.5, 0.6) is 0 Å². The summed E-state index contributed by atoms with van der Waals surface area (Å²) in [6, 6.07) is 0. The van der Waals surface area contributed by atoms with Crippen LogP contribution in [0.3, 0.4) is 0 Å². The Morgan fingerprint density at radius 3 is 2.89 bits per heavy atom. The van der Waals surface area contributed by atoms with Gasteiger partial charge < -0.3 is 9.84 Å². The van der Waals surface area contributed by atoms with Gasteiger partial charge in [0.15, 0.2) is 0 Å². The molecule has 0 amide bonds. The van der Waals surface area contributed by atoms with Gasteiger partial charge in [-0.05, 0) is 6.92 Å². The summed E-state index contributed by atoms with van der Waals surface area (Å²) in [4.78, 5) is 16.2. The molecule has 2 rings (SSSR count). The molecule has 1 fully saturated rings. The third-order valence-electron chi connectivity index (χ3n) is 2.98. The van der Waals surface area contributed by atoms with Gasteiger partial charge in [0.25, 0.3) is 0 Å². The van der Waals surface area contributed by atoms with E-state index >= 15 is 0 Å². The summed E-state index contributed by atoms with van der Waals surface area (Å²) in [7, 11) is 0. The Morgan fingerprint density at radius 1 is 1.63 bits per heavy atom. The third kappa shape index (κ3) is 3.27. The number of aliphatic carboxylic acids is 1. The van der Waals surface area contributed by atoms with Gasteiger partial charge in [-0.1, -0.05) is 0 Å². The van der Waals surface area contributed by atoms with Crippen molar-refractivity contribution in [3.8, 4) is 0 Å². The Hall–Kier alpha value is -1.54. The first-order valence-electron chi connectivity index (χ1n) is 5.78. The highest BCUT2D eigenvalue weighted by Gasteiger charge is 2.40. The van der Waals surface area contributed by atoms with E-state index in [1.807, 2.05) is 4.90 Å². The van der Waals surface area contributed by atoms with Gasteiger partial charge in [-0.3, -0.25) is 9.47 Å². The van der Waals surface area contributed by atoms with Crippen molar-refractivity contribution in [2.75, 3.05) is 19.7 Å². The van der Waals surface area contributed by atoms with E-state index in [4.69, 9.17) is 9.84 Å². The fraction of sp³-hybridized carbons (Fsp3) is 0.636. The fourth-order valence-electron chi connectivity index (χ4n) is 2.18. The second-order valence-corrected chi connectivity index (χ2v) is 4.81. The SMILES string of the molecule is CC1(OCC(=O)O)CN(Cc2nccn2C(F)F)C1. The van der Waals surface area contributed by atoms with Crippen molar-refractivity contribution in [2.45, 2.75) is 25.6 Å². The summed E-state index contributed by atoms with van der Waals surface area (Å²) in [6.45, 7) is 0.131. The minimum Gasteiger partial charge on any atom is -0.480 e. The second kappa shape index (κ2) is 5.22. The first kappa shape index (κ1) is 13.9. The summed E-state index contributed by atoms with van der Waals surface area (Å²) >= 11 is 0. The number of likely N-dealkylation sites (tertiary alicyclic amines) is 1. The van der Waals surface area contributed by atoms with Gasteiger partial charge in [-0.15, -0.1) is 0 Å². The van der Waals surface area contributed by atoms with Crippen molar-refractivity contribution in [1.82, 2.24) is 14.5 Å². The quantitative estimate of drug-likeness (QED) is 0.837. The first-order chi connectivity index (χ1) is 8.89. The minimum atomic E-state index is -2.60. The van der Waals surface area contributed by atoms with E-state index in [0.29, 0.717) is 19.6 Å². The lowest BCUT2D eigenvalue weighted by atomic mass is 9.96. The molecule has 1 N–H and O–H groups in total. The van der Waals surface area contributed by atoms with E-state index in [9.17, 15) is 13.6 Å². The molecule has 0 atom stereocenters. The molecule has 1 aliphatic heterocycles. The van der Waals surface area contributed by atoms with Crippen LogP contribution >= 0.6 is 0 Å². The van der Waals surface area contributed by atoms with Crippen LogP contribution < -0.4 is 0 Å². The zero-order chi connectivity index (χ0) is 14.0. The molecular weight excluding hydrogens is 260 g/mol. The molecule has 1 aliphatic rings. The molecule has 0 aromatic carbocycles. The van der Waals surface area contributed by atoms with E-state index in [1.165, 1.54) is 12.4 Å². The highest BCUT2D eigenvalue weighted by atomic mass is 19.3. The number of carboxylic acid groups (broad SMARTS) is 1. The second-order valence-electron chi connectivity index (χ2n) is 4.81. The van der Waals surface area contributed by atoms with Crippen molar-refractivity contribution in [2.24, 2.45) is 0 Å². The number of nitrogens with zero attached hydrogens (tertiary/aromatic N) is 3. The number of halogens is 2. The van der Waals surface area contributed by atoms with E-state index < -0.39 is 18.1 Å². The molecule has 0 saturated carbocycles. The molecule has 0 bridgehead atoms. The lowest BCUT2D eigenvalue weighted by Crippen LogP contribution is -2.61. The third-order valence-corrected chi connectivity index (χ3v) is 2.98. The van der Waals surface area contributed by atoms with E-state index in [-0.39, 0.29) is 12.4 Å². The van der Waals surface area contributed by atoms with Crippen LogP contribution in [0.1, 0.15) is 19.3 Å². The number of ether oxygens (including phenoxy) is 1. The summed E-state index contributed by atoms with van der Waals surface area (Å²) in [6.07, 6.45) is 2.57. The predicted octanol–water partition coefficient (Wildman–Crippen LogP) is 0.954. The Morgan fingerprint density at radius 2 is 2.32 bits per heavy atom. The standard InChI is InChI=1S/C11H15F2N3O3/c1-11(19-5-9(17)18)6-15(7-11)4-8-14-2-3-16(8)10(12)13/h2-3,10H,4-7H2,1H3,(H,17,18). The number of hydrogen-bond donors (Lipinski definition) is 1. The molecule has 1 saturated heterocycles. The number of alkyl halides is 2. The summed E-state index contributed by atoms with van der Waals surface area (Å²) in [5, 5.41) is 8.53. The minimum absolute atomic E-state index is 0.287. The Labute approximate surface area is 108 Å². The highest BCUT2D eigenvalue weighted by Crippen LogP contribution is 2.26. The monoisotopic (exact) mass is 275 g/mol. The summed E-state index contributed by atoms with van der Waals surface area (Å²) < 4.78 is 31.3. The highest BCUT2D eigenvalue weighted by molar-refractivity contribution is 5.68. The topological polar surface area (TPSA) is 67.6 Å². The van der Waals surface area contributed by atoms with Crippen LogP contribution in [-0.2, 0) is 16.1 Å². The van der Waals surface area contributed by atoms with E-state index in [2.05, 4.69) is 4.98 Å². The number of carbonyl (C=O) groups is 1. The van der Waals surface area contributed by atoms with Gasteiger partial charge in [0.2, 0.25) is 0 Å². The average Bonchev–Trinajstić information content (AvgIpc) is 2.72. The van der Waals surface area contributed by atoms with Crippen molar-refractivity contribution >= 4 is 5.97 Å². The number of imidazole rings is 1. The van der Waals surface area contributed by atoms with Gasteiger partial charge >= 0.3 is 12.5 Å². The van der Waals surface area contributed by atoms with Gasteiger partial charge in [-0.25, -0.2) is 9.78 Å². The van der Waals surface area contributed by atoms with Crippen molar-refractivity contribution in [3.05, 3.63) is 18.2 Å². The molecule has 1 aromatic rings. The number of hydrogen-bond acceptors (Lipinski definition) is 4. The van der Waals surface area contributed by atoms with Crippen LogP contribution in [-0.4, -0.2) is 50.8 Å². The summed E-state index contributed by atoms with van der Waals surface area (Å²) in [5.41, 5.74) is -0.527. The lowest BCUT2D eigenvalue weighted by Gasteiger charge is -2.47. The van der Waals surface area contributed by atoms with Gasteiger partial charge in [0.1, 0.15) is 12.4 Å².